The van der Waals surface area contributed by atoms with Gasteiger partial charge in [0.1, 0.15) is 6.10 Å². The van der Waals surface area contributed by atoms with Crippen LogP contribution in [0.15, 0.2) is 30.3 Å². The molecule has 2 saturated carbocycles. The third-order valence-corrected chi connectivity index (χ3v) is 6.48. The number of carbonyl (C=O) groups excluding carboxylic acids is 2. The van der Waals surface area contributed by atoms with E-state index in [-0.39, 0.29) is 29.8 Å². The number of rotatable bonds is 2. The minimum Gasteiger partial charge on any atom is -0.462 e. The largest absolute Gasteiger partial charge is 0.462 e. The van der Waals surface area contributed by atoms with Gasteiger partial charge in [0.2, 0.25) is 5.91 Å². The Labute approximate surface area is 141 Å². The molecular weight excluding hydrogens is 304 g/mol. The van der Waals surface area contributed by atoms with Crippen LogP contribution in [-0.4, -0.2) is 49.1 Å². The molecule has 5 atom stereocenters. The van der Waals surface area contributed by atoms with Crippen molar-refractivity contribution in [2.24, 2.45) is 23.7 Å². The maximum atomic E-state index is 13.1. The summed E-state index contributed by atoms with van der Waals surface area (Å²) in [5.41, 5.74) is 1.21. The number of nitrogens with zero attached hydrogens (tertiary/aromatic N) is 2. The molecule has 1 aromatic rings. The first-order valence-electron chi connectivity index (χ1n) is 9.01. The van der Waals surface area contributed by atoms with E-state index < -0.39 is 0 Å². The summed E-state index contributed by atoms with van der Waals surface area (Å²) in [6.07, 6.45) is 2.00. The van der Waals surface area contributed by atoms with E-state index >= 15 is 0 Å². The molecule has 126 valence electrons. The van der Waals surface area contributed by atoms with E-state index in [0.717, 1.165) is 39.0 Å². The van der Waals surface area contributed by atoms with Gasteiger partial charge in [0.25, 0.3) is 0 Å². The first-order chi connectivity index (χ1) is 11.7. The normalized spacial score (nSPS) is 37.0. The molecule has 2 saturated heterocycles. The zero-order valence-corrected chi connectivity index (χ0v) is 13.6. The molecule has 2 heterocycles. The summed E-state index contributed by atoms with van der Waals surface area (Å²) in [5.74, 6) is 0.458. The van der Waals surface area contributed by atoms with Crippen LogP contribution in [0.25, 0.3) is 0 Å². The molecule has 0 spiro atoms. The van der Waals surface area contributed by atoms with Crippen molar-refractivity contribution >= 4 is 17.6 Å². The van der Waals surface area contributed by atoms with Gasteiger partial charge in [-0.3, -0.25) is 9.59 Å². The smallest absolute Gasteiger partial charge is 0.310 e. The molecule has 5 rings (SSSR count). The first-order valence-corrected chi connectivity index (χ1v) is 9.01. The minimum absolute atomic E-state index is 0.103. The molecule has 0 N–H and O–H groups in total. The lowest BCUT2D eigenvalue weighted by molar-refractivity contribution is -0.148. The Morgan fingerprint density at radius 1 is 1.04 bits per heavy atom. The third kappa shape index (κ3) is 2.00. The predicted molar refractivity (Wildman–Crippen MR) is 88.3 cm³/mol. The minimum atomic E-state index is -0.159. The Hall–Kier alpha value is -2.04. The zero-order chi connectivity index (χ0) is 16.3. The van der Waals surface area contributed by atoms with Crippen LogP contribution >= 0.6 is 0 Å². The van der Waals surface area contributed by atoms with Crippen LogP contribution in [0.2, 0.25) is 0 Å². The number of esters is 1. The van der Waals surface area contributed by atoms with E-state index in [1.54, 1.807) is 0 Å². The van der Waals surface area contributed by atoms with Gasteiger partial charge < -0.3 is 14.5 Å². The van der Waals surface area contributed by atoms with Gasteiger partial charge in [-0.25, -0.2) is 0 Å². The monoisotopic (exact) mass is 326 g/mol. The highest BCUT2D eigenvalue weighted by Gasteiger charge is 2.64. The van der Waals surface area contributed by atoms with Gasteiger partial charge in [-0.2, -0.15) is 0 Å². The van der Waals surface area contributed by atoms with Gasteiger partial charge in [-0.15, -0.1) is 0 Å². The number of para-hydroxylation sites is 1. The fourth-order valence-electron chi connectivity index (χ4n) is 5.38. The van der Waals surface area contributed by atoms with Crippen LogP contribution in [-0.2, 0) is 14.3 Å². The standard InChI is InChI=1S/C19H22N2O3/c22-18(16-12-10-14-15(11-12)24-19(23)17(14)16)21-8-6-20(7-9-21)13-4-2-1-3-5-13/h1-5,12,14-17H,6-11H2/t12-,14+,15-,16+,17-/m1/s1. The van der Waals surface area contributed by atoms with Crippen molar-refractivity contribution in [2.75, 3.05) is 31.1 Å². The Kier molecular flexibility index (Phi) is 3.12. The molecule has 2 aliphatic heterocycles. The molecular formula is C19H22N2O3. The van der Waals surface area contributed by atoms with Crippen LogP contribution in [0, 0.1) is 23.7 Å². The topological polar surface area (TPSA) is 49.9 Å². The Balaban J connectivity index is 1.27. The maximum absolute atomic E-state index is 13.1. The van der Waals surface area contributed by atoms with Crippen molar-refractivity contribution in [1.29, 1.82) is 0 Å². The summed E-state index contributed by atoms with van der Waals surface area (Å²) in [6.45, 7) is 3.20. The van der Waals surface area contributed by atoms with E-state index in [1.165, 1.54) is 5.69 Å². The molecule has 24 heavy (non-hydrogen) atoms. The molecule has 5 heteroatoms. The van der Waals surface area contributed by atoms with Crippen LogP contribution in [0.1, 0.15) is 12.8 Å². The molecule has 0 aromatic heterocycles. The number of benzene rings is 1. The van der Waals surface area contributed by atoms with E-state index in [0.29, 0.717) is 11.8 Å². The quantitative estimate of drug-likeness (QED) is 0.774. The average Bonchev–Trinajstić information content (AvgIpc) is 3.24. The second-order valence-corrected chi connectivity index (χ2v) is 7.57. The van der Waals surface area contributed by atoms with Gasteiger partial charge in [0, 0.05) is 37.8 Å². The lowest BCUT2D eigenvalue weighted by Gasteiger charge is -2.38. The van der Waals surface area contributed by atoms with Crippen molar-refractivity contribution in [2.45, 2.75) is 18.9 Å². The number of amides is 1. The second-order valence-electron chi connectivity index (χ2n) is 7.57. The number of fused-ring (bicyclic) bond motifs is 1. The number of ether oxygens (including phenoxy) is 1. The average molecular weight is 326 g/mol. The number of piperazine rings is 1. The highest BCUT2D eigenvalue weighted by atomic mass is 16.6. The Morgan fingerprint density at radius 2 is 1.79 bits per heavy atom. The number of hydrogen-bond donors (Lipinski definition) is 0. The van der Waals surface area contributed by atoms with Crippen molar-refractivity contribution in [3.8, 4) is 0 Å². The Morgan fingerprint density at radius 3 is 2.54 bits per heavy atom. The van der Waals surface area contributed by atoms with Crippen LogP contribution in [0.3, 0.4) is 0 Å². The number of anilines is 1. The van der Waals surface area contributed by atoms with Gasteiger partial charge in [0.05, 0.1) is 11.8 Å². The summed E-state index contributed by atoms with van der Waals surface area (Å²) >= 11 is 0. The summed E-state index contributed by atoms with van der Waals surface area (Å²) in [4.78, 5) is 29.5. The molecule has 4 aliphatic rings. The summed E-state index contributed by atoms with van der Waals surface area (Å²) in [7, 11) is 0. The SMILES string of the molecule is O=C1O[C@@H]2C[C@H]3C[C@@H]2[C@@H]1[C@H]3C(=O)N1CCN(c2ccccc2)CC1. The lowest BCUT2D eigenvalue weighted by atomic mass is 9.79. The van der Waals surface area contributed by atoms with Gasteiger partial charge in [-0.05, 0) is 30.9 Å². The predicted octanol–water partition coefficient (Wildman–Crippen LogP) is 1.53. The number of hydrogen-bond acceptors (Lipinski definition) is 4. The van der Waals surface area contributed by atoms with Crippen LogP contribution in [0.4, 0.5) is 5.69 Å². The van der Waals surface area contributed by atoms with Crippen molar-refractivity contribution < 1.29 is 14.3 Å². The Bertz CT molecular complexity index is 666. The molecule has 2 aliphatic carbocycles. The third-order valence-electron chi connectivity index (χ3n) is 6.48. The zero-order valence-electron chi connectivity index (χ0n) is 13.6. The highest BCUT2D eigenvalue weighted by molar-refractivity contribution is 5.88. The van der Waals surface area contributed by atoms with E-state index in [2.05, 4.69) is 17.0 Å². The summed E-state index contributed by atoms with van der Waals surface area (Å²) in [5, 5.41) is 0. The van der Waals surface area contributed by atoms with E-state index in [1.807, 2.05) is 23.1 Å². The fourth-order valence-corrected chi connectivity index (χ4v) is 5.38. The lowest BCUT2D eigenvalue weighted by Crippen LogP contribution is -2.52. The van der Waals surface area contributed by atoms with Crippen LogP contribution in [0.5, 0.6) is 0 Å². The van der Waals surface area contributed by atoms with Crippen molar-refractivity contribution in [1.82, 2.24) is 4.90 Å². The van der Waals surface area contributed by atoms with E-state index in [4.69, 9.17) is 4.74 Å². The van der Waals surface area contributed by atoms with Gasteiger partial charge >= 0.3 is 5.97 Å². The van der Waals surface area contributed by atoms with Gasteiger partial charge in [0.15, 0.2) is 0 Å². The highest BCUT2D eigenvalue weighted by Crippen LogP contribution is 2.58. The van der Waals surface area contributed by atoms with Gasteiger partial charge in [-0.1, -0.05) is 18.2 Å². The molecule has 1 aromatic carbocycles. The number of carbonyl (C=O) groups is 2. The molecule has 1 amide bonds. The second kappa shape index (κ2) is 5.23. The molecule has 5 nitrogen and oxygen atoms in total. The van der Waals surface area contributed by atoms with Crippen molar-refractivity contribution in [3.05, 3.63) is 30.3 Å². The molecule has 0 radical (unpaired) electrons. The molecule has 0 unspecified atom stereocenters. The van der Waals surface area contributed by atoms with E-state index in [9.17, 15) is 9.59 Å². The molecule has 4 fully saturated rings. The summed E-state index contributed by atoms with van der Waals surface area (Å²) in [6, 6.07) is 10.3. The molecule has 2 bridgehead atoms. The summed E-state index contributed by atoms with van der Waals surface area (Å²) < 4.78 is 5.46. The first kappa shape index (κ1) is 14.3. The fraction of sp³-hybridized carbons (Fsp3) is 0.579. The maximum Gasteiger partial charge on any atom is 0.310 e. The van der Waals surface area contributed by atoms with Crippen LogP contribution < -0.4 is 4.90 Å². The van der Waals surface area contributed by atoms with Crippen molar-refractivity contribution in [3.63, 3.8) is 0 Å².